The molecular formula is C18H18BN3O6. The molecule has 144 valence electrons. The third-order valence-electron chi connectivity index (χ3n) is 4.80. The first-order chi connectivity index (χ1) is 13.6. The van der Waals surface area contributed by atoms with E-state index in [0.717, 1.165) is 11.1 Å². The van der Waals surface area contributed by atoms with Gasteiger partial charge < -0.3 is 29.6 Å². The van der Waals surface area contributed by atoms with Gasteiger partial charge in [0.2, 0.25) is 0 Å². The monoisotopic (exact) mass is 383 g/mol. The molecule has 2 aliphatic rings. The predicted octanol–water partition coefficient (Wildman–Crippen LogP) is 1.09. The minimum absolute atomic E-state index is 0.0834. The summed E-state index contributed by atoms with van der Waals surface area (Å²) >= 11 is 0. The van der Waals surface area contributed by atoms with Gasteiger partial charge in [-0.15, -0.1) is 0 Å². The highest BCUT2D eigenvalue weighted by Crippen LogP contribution is 2.37. The summed E-state index contributed by atoms with van der Waals surface area (Å²) in [6.45, 7) is 0.864. The average molecular weight is 383 g/mol. The van der Waals surface area contributed by atoms with Gasteiger partial charge in [-0.05, 0) is 36.5 Å². The number of oxime groups is 1. The highest BCUT2D eigenvalue weighted by Gasteiger charge is 2.35. The second-order valence-electron chi connectivity index (χ2n) is 6.65. The van der Waals surface area contributed by atoms with Crippen LogP contribution in [-0.4, -0.2) is 63.3 Å². The van der Waals surface area contributed by atoms with Gasteiger partial charge in [0.15, 0.2) is 5.84 Å². The van der Waals surface area contributed by atoms with Crippen LogP contribution in [0.3, 0.4) is 0 Å². The topological polar surface area (TPSA) is 125 Å². The van der Waals surface area contributed by atoms with Gasteiger partial charge in [0.1, 0.15) is 23.2 Å². The average Bonchev–Trinajstić information content (AvgIpc) is 2.66. The smallest absolute Gasteiger partial charge is 0.522 e. The number of carbonyl (C=O) groups is 1. The maximum atomic E-state index is 11.8. The van der Waals surface area contributed by atoms with E-state index in [0.29, 0.717) is 31.7 Å². The number of carboxylic acids is 1. The molecular weight excluding hydrogens is 365 g/mol. The van der Waals surface area contributed by atoms with E-state index < -0.39 is 13.1 Å². The third-order valence-corrected chi connectivity index (χ3v) is 4.80. The standard InChI is InChI=1S/C18H18BN3O6/c23-18(24)15-14(2-1-11-3-6-19(25)28-16(11)15)27-13-9-22(10-13)17(21-26)12-4-7-20-8-5-12/h1-2,4-5,7-8,13,25-26H,3,6,9-10H2,(H,23,24). The van der Waals surface area contributed by atoms with E-state index in [9.17, 15) is 20.1 Å². The van der Waals surface area contributed by atoms with Crippen molar-refractivity contribution >= 4 is 18.9 Å². The van der Waals surface area contributed by atoms with Crippen molar-refractivity contribution in [2.45, 2.75) is 18.8 Å². The fourth-order valence-electron chi connectivity index (χ4n) is 3.38. The molecule has 3 heterocycles. The van der Waals surface area contributed by atoms with Gasteiger partial charge in [-0.3, -0.25) is 4.98 Å². The van der Waals surface area contributed by atoms with E-state index in [1.807, 2.05) is 4.90 Å². The van der Waals surface area contributed by atoms with Crippen LogP contribution in [0.4, 0.5) is 0 Å². The molecule has 9 nitrogen and oxygen atoms in total. The predicted molar refractivity (Wildman–Crippen MR) is 99.1 cm³/mol. The molecule has 0 spiro atoms. The lowest BCUT2D eigenvalue weighted by Crippen LogP contribution is -2.56. The fourth-order valence-corrected chi connectivity index (χ4v) is 3.38. The summed E-state index contributed by atoms with van der Waals surface area (Å²) in [6.07, 6.45) is 3.89. The molecule has 0 aliphatic carbocycles. The van der Waals surface area contributed by atoms with Crippen molar-refractivity contribution in [2.24, 2.45) is 5.16 Å². The van der Waals surface area contributed by atoms with Gasteiger partial charge in [0, 0.05) is 18.0 Å². The number of nitrogens with zero attached hydrogens (tertiary/aromatic N) is 3. The number of fused-ring (bicyclic) bond motifs is 1. The van der Waals surface area contributed by atoms with Crippen LogP contribution >= 0.6 is 0 Å². The second-order valence-corrected chi connectivity index (χ2v) is 6.65. The number of rotatable bonds is 4. The normalized spacial score (nSPS) is 16.8. The summed E-state index contributed by atoms with van der Waals surface area (Å²) in [5, 5.41) is 32.0. The summed E-state index contributed by atoms with van der Waals surface area (Å²) in [4.78, 5) is 17.5. The quantitative estimate of drug-likeness (QED) is 0.236. The van der Waals surface area contributed by atoms with Crippen LogP contribution in [-0.2, 0) is 6.42 Å². The number of aromatic nitrogens is 1. The Hall–Kier alpha value is -3.27. The van der Waals surface area contributed by atoms with Gasteiger partial charge in [-0.1, -0.05) is 11.2 Å². The van der Waals surface area contributed by atoms with Gasteiger partial charge in [-0.25, -0.2) is 4.79 Å². The summed E-state index contributed by atoms with van der Waals surface area (Å²) in [5.41, 5.74) is 1.37. The number of carboxylic acid groups (broad SMARTS) is 1. The Morgan fingerprint density at radius 3 is 2.71 bits per heavy atom. The molecule has 28 heavy (non-hydrogen) atoms. The fraction of sp³-hybridized carbons (Fsp3) is 0.278. The molecule has 1 aromatic carbocycles. The summed E-state index contributed by atoms with van der Waals surface area (Å²) < 4.78 is 11.2. The number of hydrogen-bond acceptors (Lipinski definition) is 7. The molecule has 0 unspecified atom stereocenters. The van der Waals surface area contributed by atoms with E-state index in [1.54, 1.807) is 36.7 Å². The molecule has 0 saturated carbocycles. The molecule has 0 radical (unpaired) electrons. The molecule has 3 N–H and O–H groups in total. The minimum atomic E-state index is -1.17. The van der Waals surface area contributed by atoms with E-state index in [1.165, 1.54) is 0 Å². The van der Waals surface area contributed by atoms with E-state index >= 15 is 0 Å². The summed E-state index contributed by atoms with van der Waals surface area (Å²) in [7, 11) is -1.02. The molecule has 2 aliphatic heterocycles. The lowest BCUT2D eigenvalue weighted by atomic mass is 9.78. The SMILES string of the molecule is O=C(O)c1c(OC2CN(C(=NO)c3ccncc3)C2)ccc2c1OB(O)CC2. The number of benzene rings is 1. The maximum absolute atomic E-state index is 11.8. The van der Waals surface area contributed by atoms with Crippen LogP contribution in [0.5, 0.6) is 11.5 Å². The Kier molecular flexibility index (Phi) is 4.78. The zero-order chi connectivity index (χ0) is 19.7. The Labute approximate surface area is 161 Å². The third kappa shape index (κ3) is 3.34. The van der Waals surface area contributed by atoms with Crippen LogP contribution < -0.4 is 9.39 Å². The van der Waals surface area contributed by atoms with Crippen molar-refractivity contribution in [3.8, 4) is 11.5 Å². The number of aryl methyl sites for hydroxylation is 1. The molecule has 1 saturated heterocycles. The maximum Gasteiger partial charge on any atom is 0.522 e. The van der Waals surface area contributed by atoms with E-state index in [2.05, 4.69) is 10.1 Å². The van der Waals surface area contributed by atoms with Crippen molar-refractivity contribution in [3.05, 3.63) is 53.3 Å². The largest absolute Gasteiger partial charge is 0.535 e. The Bertz CT molecular complexity index is 917. The van der Waals surface area contributed by atoms with Crippen LogP contribution in [0.2, 0.25) is 6.32 Å². The van der Waals surface area contributed by atoms with Gasteiger partial charge in [0.05, 0.1) is 13.1 Å². The van der Waals surface area contributed by atoms with Gasteiger partial charge in [-0.2, -0.15) is 0 Å². The molecule has 1 aromatic heterocycles. The Morgan fingerprint density at radius 2 is 2.04 bits per heavy atom. The highest BCUT2D eigenvalue weighted by molar-refractivity contribution is 6.44. The number of ether oxygens (including phenoxy) is 1. The van der Waals surface area contributed by atoms with Crippen molar-refractivity contribution in [2.75, 3.05) is 13.1 Å². The summed E-state index contributed by atoms with van der Waals surface area (Å²) in [5.74, 6) is -0.421. The number of hydrogen-bond donors (Lipinski definition) is 3. The summed E-state index contributed by atoms with van der Waals surface area (Å²) in [6, 6.07) is 6.85. The lowest BCUT2D eigenvalue weighted by Gasteiger charge is -2.40. The molecule has 0 amide bonds. The Balaban J connectivity index is 1.49. The first-order valence-corrected chi connectivity index (χ1v) is 8.84. The minimum Gasteiger partial charge on any atom is -0.535 e. The molecule has 1 fully saturated rings. The van der Waals surface area contributed by atoms with Crippen LogP contribution in [0, 0.1) is 0 Å². The van der Waals surface area contributed by atoms with Crippen LogP contribution in [0.15, 0.2) is 41.8 Å². The Morgan fingerprint density at radius 1 is 1.29 bits per heavy atom. The van der Waals surface area contributed by atoms with Crippen molar-refractivity contribution < 1.29 is 29.5 Å². The zero-order valence-corrected chi connectivity index (χ0v) is 14.9. The molecule has 0 bridgehead atoms. The second kappa shape index (κ2) is 7.39. The van der Waals surface area contributed by atoms with Crippen molar-refractivity contribution in [3.63, 3.8) is 0 Å². The number of likely N-dealkylation sites (tertiary alicyclic amines) is 1. The lowest BCUT2D eigenvalue weighted by molar-refractivity contribution is 0.0588. The van der Waals surface area contributed by atoms with Gasteiger partial charge in [0.25, 0.3) is 0 Å². The molecule has 4 rings (SSSR count). The molecule has 0 atom stereocenters. The van der Waals surface area contributed by atoms with Crippen molar-refractivity contribution in [1.29, 1.82) is 0 Å². The van der Waals surface area contributed by atoms with E-state index in [-0.39, 0.29) is 23.2 Å². The number of pyridine rings is 1. The number of aromatic carboxylic acids is 1. The van der Waals surface area contributed by atoms with Gasteiger partial charge >= 0.3 is 13.1 Å². The molecule has 2 aromatic rings. The number of amidine groups is 1. The zero-order valence-electron chi connectivity index (χ0n) is 14.9. The first kappa shape index (κ1) is 18.1. The van der Waals surface area contributed by atoms with Crippen LogP contribution in [0.1, 0.15) is 21.5 Å². The van der Waals surface area contributed by atoms with E-state index in [4.69, 9.17) is 9.39 Å². The van der Waals surface area contributed by atoms with Crippen LogP contribution in [0.25, 0.3) is 0 Å². The molecule has 10 heteroatoms. The first-order valence-electron chi connectivity index (χ1n) is 8.84. The highest BCUT2D eigenvalue weighted by atomic mass is 16.5. The van der Waals surface area contributed by atoms with Crippen molar-refractivity contribution in [1.82, 2.24) is 9.88 Å².